The number of nitrogens with one attached hydrogen (secondary N) is 1. The van der Waals surface area contributed by atoms with Gasteiger partial charge in [-0.2, -0.15) is 0 Å². The summed E-state index contributed by atoms with van der Waals surface area (Å²) in [6, 6.07) is 7.34. The minimum atomic E-state index is -0.141. The van der Waals surface area contributed by atoms with Crippen LogP contribution in [0, 0.1) is 12.8 Å². The van der Waals surface area contributed by atoms with E-state index < -0.39 is 0 Å². The molecule has 1 amide bonds. The number of hydrogen-bond donors (Lipinski definition) is 2. The monoisotopic (exact) mass is 274 g/mol. The predicted molar refractivity (Wildman–Crippen MR) is 75.9 cm³/mol. The molecule has 0 bridgehead atoms. The summed E-state index contributed by atoms with van der Waals surface area (Å²) in [6.07, 6.45) is 0.646. The molecule has 20 heavy (non-hydrogen) atoms. The maximum Gasteiger partial charge on any atom is 0.249 e. The summed E-state index contributed by atoms with van der Waals surface area (Å²) in [4.78, 5) is 12.1. The van der Waals surface area contributed by atoms with Crippen LogP contribution in [0.5, 0.6) is 0 Å². The fourth-order valence-corrected chi connectivity index (χ4v) is 1.82. The molecule has 1 aromatic heterocycles. The molecule has 1 heterocycles. The molecule has 0 saturated heterocycles. The second-order valence-corrected chi connectivity index (χ2v) is 4.64. The summed E-state index contributed by atoms with van der Waals surface area (Å²) in [7, 11) is 0. The van der Waals surface area contributed by atoms with Crippen LogP contribution < -0.4 is 11.1 Å². The lowest BCUT2D eigenvalue weighted by Crippen LogP contribution is -2.23. The Hall–Kier alpha value is -2.21. The Kier molecular flexibility index (Phi) is 4.47. The van der Waals surface area contributed by atoms with Gasteiger partial charge in [-0.1, -0.05) is 19.1 Å². The zero-order chi connectivity index (χ0) is 14.5. The standard InChI is InChI=1S/C14H18N4O2/c1-9(7-8-15)13(19)16-12-6-4-3-5-11(12)14-18-17-10(2)20-14/h3-6,9H,7-8,15H2,1-2H3,(H,16,19). The lowest BCUT2D eigenvalue weighted by Gasteiger charge is -2.12. The van der Waals surface area contributed by atoms with Gasteiger partial charge in [-0.05, 0) is 25.1 Å². The number of carbonyl (C=O) groups excluding carboxylic acids is 1. The van der Waals surface area contributed by atoms with E-state index in [1.165, 1.54) is 0 Å². The molecule has 1 atom stereocenters. The number of nitrogens with zero attached hydrogens (tertiary/aromatic N) is 2. The second kappa shape index (κ2) is 6.29. The number of aromatic nitrogens is 2. The maximum absolute atomic E-state index is 12.1. The fourth-order valence-electron chi connectivity index (χ4n) is 1.82. The van der Waals surface area contributed by atoms with Gasteiger partial charge in [0.15, 0.2) is 0 Å². The van der Waals surface area contributed by atoms with Crippen LogP contribution in [0.2, 0.25) is 0 Å². The number of nitrogens with two attached hydrogens (primary N) is 1. The van der Waals surface area contributed by atoms with Crippen molar-refractivity contribution in [3.63, 3.8) is 0 Å². The van der Waals surface area contributed by atoms with Crippen LogP contribution in [0.15, 0.2) is 28.7 Å². The Balaban J connectivity index is 2.22. The van der Waals surface area contributed by atoms with Crippen molar-refractivity contribution in [2.75, 3.05) is 11.9 Å². The largest absolute Gasteiger partial charge is 0.421 e. The molecule has 3 N–H and O–H groups in total. The third kappa shape index (κ3) is 3.21. The first-order chi connectivity index (χ1) is 9.61. The Morgan fingerprint density at radius 1 is 1.40 bits per heavy atom. The van der Waals surface area contributed by atoms with Crippen LogP contribution in [-0.2, 0) is 4.79 Å². The van der Waals surface area contributed by atoms with Crippen molar-refractivity contribution in [3.05, 3.63) is 30.2 Å². The molecule has 6 nitrogen and oxygen atoms in total. The highest BCUT2D eigenvalue weighted by atomic mass is 16.4. The first kappa shape index (κ1) is 14.2. The van der Waals surface area contributed by atoms with Gasteiger partial charge in [0, 0.05) is 12.8 Å². The number of rotatable bonds is 5. The van der Waals surface area contributed by atoms with Crippen molar-refractivity contribution in [1.29, 1.82) is 0 Å². The summed E-state index contributed by atoms with van der Waals surface area (Å²) >= 11 is 0. The number of para-hydroxylation sites is 1. The highest BCUT2D eigenvalue weighted by Gasteiger charge is 2.16. The van der Waals surface area contributed by atoms with Gasteiger partial charge in [0.25, 0.3) is 0 Å². The summed E-state index contributed by atoms with van der Waals surface area (Å²) < 4.78 is 5.41. The quantitative estimate of drug-likeness (QED) is 0.869. The number of benzene rings is 1. The average Bonchev–Trinajstić information content (AvgIpc) is 2.86. The molecule has 0 aliphatic rings. The van der Waals surface area contributed by atoms with E-state index in [1.54, 1.807) is 6.92 Å². The van der Waals surface area contributed by atoms with Gasteiger partial charge in [-0.25, -0.2) is 0 Å². The molecule has 0 spiro atoms. The molecule has 0 aliphatic heterocycles. The lowest BCUT2D eigenvalue weighted by molar-refractivity contribution is -0.119. The molecule has 0 radical (unpaired) electrons. The molecule has 106 valence electrons. The Bertz CT molecular complexity index is 594. The SMILES string of the molecule is Cc1nnc(-c2ccccc2NC(=O)C(C)CCN)o1. The van der Waals surface area contributed by atoms with E-state index in [0.29, 0.717) is 36.0 Å². The molecular formula is C14H18N4O2. The molecule has 1 aromatic carbocycles. The van der Waals surface area contributed by atoms with Gasteiger partial charge in [-0.15, -0.1) is 10.2 Å². The second-order valence-electron chi connectivity index (χ2n) is 4.64. The highest BCUT2D eigenvalue weighted by Crippen LogP contribution is 2.27. The fraction of sp³-hybridized carbons (Fsp3) is 0.357. The van der Waals surface area contributed by atoms with Crippen LogP contribution in [-0.4, -0.2) is 22.6 Å². The summed E-state index contributed by atoms with van der Waals surface area (Å²) in [5, 5.41) is 10.7. The van der Waals surface area contributed by atoms with E-state index in [1.807, 2.05) is 31.2 Å². The van der Waals surface area contributed by atoms with Crippen molar-refractivity contribution in [2.24, 2.45) is 11.7 Å². The van der Waals surface area contributed by atoms with Crippen LogP contribution in [0.25, 0.3) is 11.5 Å². The number of hydrogen-bond acceptors (Lipinski definition) is 5. The summed E-state index contributed by atoms with van der Waals surface area (Å²) in [6.45, 7) is 4.06. The molecule has 6 heteroatoms. The summed E-state index contributed by atoms with van der Waals surface area (Å²) in [5.41, 5.74) is 6.84. The molecule has 0 saturated carbocycles. The minimum Gasteiger partial charge on any atom is -0.421 e. The smallest absolute Gasteiger partial charge is 0.249 e. The van der Waals surface area contributed by atoms with E-state index in [9.17, 15) is 4.79 Å². The van der Waals surface area contributed by atoms with Gasteiger partial charge < -0.3 is 15.5 Å². The van der Waals surface area contributed by atoms with E-state index in [2.05, 4.69) is 15.5 Å². The molecule has 0 fully saturated rings. The van der Waals surface area contributed by atoms with E-state index >= 15 is 0 Å². The van der Waals surface area contributed by atoms with Crippen molar-refractivity contribution in [1.82, 2.24) is 10.2 Å². The van der Waals surface area contributed by atoms with E-state index in [0.717, 1.165) is 0 Å². The number of aryl methyl sites for hydroxylation is 1. The van der Waals surface area contributed by atoms with Gasteiger partial charge in [0.1, 0.15) is 0 Å². The van der Waals surface area contributed by atoms with Crippen molar-refractivity contribution in [2.45, 2.75) is 20.3 Å². The van der Waals surface area contributed by atoms with Gasteiger partial charge >= 0.3 is 0 Å². The topological polar surface area (TPSA) is 94.0 Å². The van der Waals surface area contributed by atoms with Crippen molar-refractivity contribution < 1.29 is 9.21 Å². The van der Waals surface area contributed by atoms with Crippen LogP contribution in [0.1, 0.15) is 19.2 Å². The number of anilines is 1. The lowest BCUT2D eigenvalue weighted by atomic mass is 10.1. The zero-order valence-corrected chi connectivity index (χ0v) is 11.6. The number of carbonyl (C=O) groups is 1. The van der Waals surface area contributed by atoms with E-state index in [4.69, 9.17) is 10.2 Å². The highest BCUT2D eigenvalue weighted by molar-refractivity contribution is 5.95. The molecular weight excluding hydrogens is 256 g/mol. The van der Waals surface area contributed by atoms with E-state index in [-0.39, 0.29) is 11.8 Å². The van der Waals surface area contributed by atoms with Crippen LogP contribution >= 0.6 is 0 Å². The van der Waals surface area contributed by atoms with Gasteiger partial charge in [-0.3, -0.25) is 4.79 Å². The Morgan fingerprint density at radius 3 is 2.80 bits per heavy atom. The first-order valence-electron chi connectivity index (χ1n) is 6.52. The molecule has 1 unspecified atom stereocenters. The van der Waals surface area contributed by atoms with Crippen LogP contribution in [0.3, 0.4) is 0 Å². The van der Waals surface area contributed by atoms with Crippen molar-refractivity contribution in [3.8, 4) is 11.5 Å². The van der Waals surface area contributed by atoms with Gasteiger partial charge in [0.05, 0.1) is 11.3 Å². The van der Waals surface area contributed by atoms with Crippen molar-refractivity contribution >= 4 is 11.6 Å². The number of amides is 1. The summed E-state index contributed by atoms with van der Waals surface area (Å²) in [5.74, 6) is 0.666. The molecule has 2 rings (SSSR count). The van der Waals surface area contributed by atoms with Gasteiger partial charge in [0.2, 0.25) is 17.7 Å². The maximum atomic E-state index is 12.1. The van der Waals surface area contributed by atoms with Crippen LogP contribution in [0.4, 0.5) is 5.69 Å². The third-order valence-corrected chi connectivity index (χ3v) is 2.99. The Morgan fingerprint density at radius 2 is 2.15 bits per heavy atom. The Labute approximate surface area is 117 Å². The molecule has 0 aliphatic carbocycles. The predicted octanol–water partition coefficient (Wildman–Crippen LogP) is 1.97. The minimum absolute atomic E-state index is 0.0702. The normalized spacial score (nSPS) is 12.2. The average molecular weight is 274 g/mol. The first-order valence-corrected chi connectivity index (χ1v) is 6.52. The zero-order valence-electron chi connectivity index (χ0n) is 11.6. The molecule has 2 aromatic rings. The third-order valence-electron chi connectivity index (χ3n) is 2.99.